The van der Waals surface area contributed by atoms with Gasteiger partial charge in [0.15, 0.2) is 0 Å². The monoisotopic (exact) mass is 307 g/mol. The van der Waals surface area contributed by atoms with Crippen LogP contribution in [0.4, 0.5) is 5.69 Å². The van der Waals surface area contributed by atoms with Gasteiger partial charge in [0.25, 0.3) is 0 Å². The van der Waals surface area contributed by atoms with Crippen LogP contribution in [-0.4, -0.2) is 18.8 Å². The highest BCUT2D eigenvalue weighted by molar-refractivity contribution is 7.21. The average Bonchev–Trinajstić information content (AvgIpc) is 2.67. The number of carbonyl (C=O) groups is 1. The van der Waals surface area contributed by atoms with Gasteiger partial charge in [0.2, 0.25) is 0 Å². The van der Waals surface area contributed by atoms with E-state index in [0.717, 1.165) is 27.8 Å². The van der Waals surface area contributed by atoms with Crippen molar-refractivity contribution in [3.05, 3.63) is 27.6 Å². The van der Waals surface area contributed by atoms with Crippen LogP contribution in [0.2, 0.25) is 5.02 Å². The quantitative estimate of drug-likeness (QED) is 0.759. The summed E-state index contributed by atoms with van der Waals surface area (Å²) in [5, 5.41) is 1.63. The molecule has 2 aromatic rings. The maximum atomic E-state index is 12.1. The topological polar surface area (TPSA) is 38.7 Å². The highest BCUT2D eigenvalue weighted by Gasteiger charge is 2.25. The van der Waals surface area contributed by atoms with Crippen molar-refractivity contribution in [2.45, 2.75) is 20.3 Å². The van der Waals surface area contributed by atoms with Gasteiger partial charge >= 0.3 is 5.97 Å². The van der Waals surface area contributed by atoms with E-state index in [1.807, 2.05) is 25.3 Å². The lowest BCUT2D eigenvalue weighted by Crippen LogP contribution is -2.07. The summed E-state index contributed by atoms with van der Waals surface area (Å²) in [7, 11) is 0. The number of halogens is 1. The number of carbonyl (C=O) groups excluding carboxylic acids is 1. The lowest BCUT2D eigenvalue weighted by Gasteiger charge is -2.06. The average molecular weight is 308 g/mol. The van der Waals surface area contributed by atoms with E-state index in [0.29, 0.717) is 16.5 Å². The first-order valence-corrected chi connectivity index (χ1v) is 7.76. The van der Waals surface area contributed by atoms with Crippen LogP contribution >= 0.6 is 22.9 Å². The molecule has 0 fully saturated rings. The molecule has 2 heterocycles. The summed E-state index contributed by atoms with van der Waals surface area (Å²) in [6.45, 7) is 4.28. The normalized spacial score (nSPS) is 17.2. The molecule has 20 heavy (non-hydrogen) atoms. The van der Waals surface area contributed by atoms with Crippen LogP contribution in [0, 0.1) is 5.92 Å². The molecule has 1 unspecified atom stereocenters. The molecule has 3 nitrogen and oxygen atoms in total. The Kier molecular flexibility index (Phi) is 3.52. The summed E-state index contributed by atoms with van der Waals surface area (Å²) in [5.41, 5.74) is 1.79. The predicted octanol–water partition coefficient (Wildman–Crippen LogP) is 4.63. The van der Waals surface area contributed by atoms with Crippen molar-refractivity contribution in [2.24, 2.45) is 10.9 Å². The Labute approximate surface area is 126 Å². The molecule has 104 valence electrons. The van der Waals surface area contributed by atoms with Crippen molar-refractivity contribution in [3.63, 3.8) is 0 Å². The Bertz CT molecular complexity index is 720. The predicted molar refractivity (Wildman–Crippen MR) is 83.8 cm³/mol. The van der Waals surface area contributed by atoms with Crippen LogP contribution in [-0.2, 0) is 11.2 Å². The fraction of sp³-hybridized carbons (Fsp3) is 0.333. The lowest BCUT2D eigenvalue weighted by molar-refractivity contribution is 0.0531. The first kappa shape index (κ1) is 13.6. The number of aliphatic imine (C=N–C) groups is 1. The number of benzene rings is 1. The van der Waals surface area contributed by atoms with Crippen LogP contribution in [0.15, 0.2) is 17.1 Å². The van der Waals surface area contributed by atoms with Gasteiger partial charge in [-0.2, -0.15) is 0 Å². The van der Waals surface area contributed by atoms with Crippen LogP contribution in [0.1, 0.15) is 29.1 Å². The van der Waals surface area contributed by atoms with E-state index in [4.69, 9.17) is 16.3 Å². The van der Waals surface area contributed by atoms with Crippen molar-refractivity contribution in [2.75, 3.05) is 6.61 Å². The Balaban J connectivity index is 2.29. The molecule has 1 atom stereocenters. The molecule has 0 saturated heterocycles. The first-order valence-electron chi connectivity index (χ1n) is 6.57. The van der Waals surface area contributed by atoms with E-state index in [9.17, 15) is 4.79 Å². The Morgan fingerprint density at radius 1 is 1.55 bits per heavy atom. The van der Waals surface area contributed by atoms with Gasteiger partial charge in [0, 0.05) is 16.3 Å². The smallest absolute Gasteiger partial charge is 0.348 e. The number of hydrogen-bond donors (Lipinski definition) is 0. The van der Waals surface area contributed by atoms with E-state index < -0.39 is 0 Å². The van der Waals surface area contributed by atoms with Gasteiger partial charge in [0.05, 0.1) is 17.3 Å². The van der Waals surface area contributed by atoms with Gasteiger partial charge in [0.1, 0.15) is 4.88 Å². The zero-order valence-electron chi connectivity index (χ0n) is 11.3. The Hall–Kier alpha value is -1.39. The van der Waals surface area contributed by atoms with Crippen molar-refractivity contribution in [3.8, 4) is 0 Å². The molecular formula is C15H14ClNO2S. The van der Waals surface area contributed by atoms with E-state index in [1.165, 1.54) is 11.3 Å². The number of nitrogens with zero attached hydrogens (tertiary/aromatic N) is 1. The number of rotatable bonds is 2. The fourth-order valence-electron chi connectivity index (χ4n) is 2.47. The number of hydrogen-bond acceptors (Lipinski definition) is 4. The van der Waals surface area contributed by atoms with E-state index in [-0.39, 0.29) is 11.9 Å². The number of esters is 1. The molecule has 3 rings (SSSR count). The zero-order chi connectivity index (χ0) is 14.3. The summed E-state index contributed by atoms with van der Waals surface area (Å²) >= 11 is 7.72. The van der Waals surface area contributed by atoms with Crippen LogP contribution in [0.25, 0.3) is 10.1 Å². The molecule has 0 bridgehead atoms. The Morgan fingerprint density at radius 2 is 2.35 bits per heavy atom. The Morgan fingerprint density at radius 3 is 3.10 bits per heavy atom. The summed E-state index contributed by atoms with van der Waals surface area (Å²) in [6.07, 6.45) is 2.69. The molecule has 1 aliphatic heterocycles. The van der Waals surface area contributed by atoms with Crippen molar-refractivity contribution < 1.29 is 9.53 Å². The van der Waals surface area contributed by atoms with E-state index in [2.05, 4.69) is 11.9 Å². The van der Waals surface area contributed by atoms with Gasteiger partial charge in [-0.05, 0) is 37.0 Å². The maximum absolute atomic E-state index is 12.1. The van der Waals surface area contributed by atoms with Crippen molar-refractivity contribution >= 4 is 50.9 Å². The minimum Gasteiger partial charge on any atom is -0.462 e. The minimum atomic E-state index is -0.250. The van der Waals surface area contributed by atoms with E-state index >= 15 is 0 Å². The molecule has 1 aromatic heterocycles. The van der Waals surface area contributed by atoms with Crippen molar-refractivity contribution in [1.82, 2.24) is 0 Å². The van der Waals surface area contributed by atoms with Gasteiger partial charge in [-0.1, -0.05) is 18.5 Å². The largest absolute Gasteiger partial charge is 0.462 e. The molecule has 1 aliphatic rings. The first-order chi connectivity index (χ1) is 9.61. The summed E-state index contributed by atoms with van der Waals surface area (Å²) in [4.78, 5) is 17.3. The third kappa shape index (κ3) is 2.13. The third-order valence-corrected chi connectivity index (χ3v) is 4.81. The molecule has 0 N–H and O–H groups in total. The molecule has 0 aliphatic carbocycles. The fourth-order valence-corrected chi connectivity index (χ4v) is 3.80. The molecule has 0 amide bonds. The second kappa shape index (κ2) is 5.19. The summed E-state index contributed by atoms with van der Waals surface area (Å²) in [6, 6.07) is 3.78. The molecule has 0 saturated carbocycles. The van der Waals surface area contributed by atoms with Gasteiger partial charge in [-0.25, -0.2) is 4.79 Å². The number of ether oxygens (including phenoxy) is 1. The zero-order valence-corrected chi connectivity index (χ0v) is 12.8. The maximum Gasteiger partial charge on any atom is 0.348 e. The molecule has 0 radical (unpaired) electrons. The van der Waals surface area contributed by atoms with Gasteiger partial charge in [-0.3, -0.25) is 4.99 Å². The summed E-state index contributed by atoms with van der Waals surface area (Å²) in [5.74, 6) is 0.0179. The van der Waals surface area contributed by atoms with E-state index in [1.54, 1.807) is 0 Å². The number of thiophene rings is 1. The van der Waals surface area contributed by atoms with Gasteiger partial charge < -0.3 is 4.74 Å². The summed E-state index contributed by atoms with van der Waals surface area (Å²) < 4.78 is 6.20. The second-order valence-electron chi connectivity index (χ2n) is 4.86. The highest BCUT2D eigenvalue weighted by atomic mass is 35.5. The van der Waals surface area contributed by atoms with Crippen LogP contribution in [0.5, 0.6) is 0 Å². The molecule has 5 heteroatoms. The third-order valence-electron chi connectivity index (χ3n) is 3.32. The SMILES string of the molecule is CCOC(=O)c1sc2ccc(Cl)c3c2c1CC(C)C=N3. The molecular weight excluding hydrogens is 294 g/mol. The standard InChI is InChI=1S/C15H14ClNO2S/c1-3-19-15(18)14-9-6-8(2)7-17-13-10(16)4-5-11(20-14)12(9)13/h4-5,7-8H,3,6H2,1-2H3. The molecule has 1 aromatic carbocycles. The highest BCUT2D eigenvalue weighted by Crippen LogP contribution is 2.43. The van der Waals surface area contributed by atoms with Crippen LogP contribution < -0.4 is 0 Å². The van der Waals surface area contributed by atoms with Gasteiger partial charge in [-0.15, -0.1) is 11.3 Å². The second-order valence-corrected chi connectivity index (χ2v) is 6.32. The molecule has 0 spiro atoms. The van der Waals surface area contributed by atoms with Crippen molar-refractivity contribution in [1.29, 1.82) is 0 Å². The minimum absolute atomic E-state index is 0.250. The van der Waals surface area contributed by atoms with Crippen LogP contribution in [0.3, 0.4) is 0 Å². The lowest BCUT2D eigenvalue weighted by atomic mass is 10.00.